The van der Waals surface area contributed by atoms with Gasteiger partial charge >= 0.3 is 0 Å². The third-order valence-corrected chi connectivity index (χ3v) is 7.28. The zero-order valence-electron chi connectivity index (χ0n) is 21.0. The molecule has 0 spiro atoms. The standard InChI is InChI=1S/C26H34FIN8/c1-16(30-11-19(10-29)15-36(4)14-18-5-6-35(3)13-18)33-25-9-21(23(28)12-31-25)20-7-22(27)26-24(8-20)32-17(2)34-26/h7-12,18,25,31,33H,1,5-6,13-15,29H2,2-4H3,(H,32,34)/b19-10+,30-11-/t18-,25?/m1/s1. The van der Waals surface area contributed by atoms with Crippen LogP contribution in [-0.4, -0.2) is 72.4 Å². The molecule has 2 atom stereocenters. The lowest BCUT2D eigenvalue weighted by Gasteiger charge is -2.23. The third kappa shape index (κ3) is 6.54. The van der Waals surface area contributed by atoms with E-state index in [1.807, 2.05) is 25.3 Å². The predicted molar refractivity (Wildman–Crippen MR) is 154 cm³/mol. The molecule has 0 saturated carbocycles. The fourth-order valence-corrected chi connectivity index (χ4v) is 5.38. The highest BCUT2D eigenvalue weighted by atomic mass is 127. The number of halogens is 2. The molecule has 0 radical (unpaired) electrons. The number of likely N-dealkylation sites (N-methyl/N-ethyl adjacent to an activating group) is 1. The Morgan fingerprint density at radius 3 is 3.00 bits per heavy atom. The van der Waals surface area contributed by atoms with Crippen LogP contribution >= 0.6 is 22.6 Å². The lowest BCUT2D eigenvalue weighted by molar-refractivity contribution is 0.293. The first-order chi connectivity index (χ1) is 17.2. The number of likely N-dealkylation sites (tertiary alicyclic amines) is 1. The van der Waals surface area contributed by atoms with Gasteiger partial charge in [0.15, 0.2) is 5.82 Å². The lowest BCUT2D eigenvalue weighted by atomic mass is 10.0. The van der Waals surface area contributed by atoms with Crippen molar-refractivity contribution in [3.63, 3.8) is 0 Å². The van der Waals surface area contributed by atoms with Crippen LogP contribution in [0.5, 0.6) is 0 Å². The number of nitrogens with zero attached hydrogens (tertiary/aromatic N) is 4. The molecule has 0 bridgehead atoms. The fraction of sp³-hybridized carbons (Fsp3) is 0.385. The van der Waals surface area contributed by atoms with Crippen LogP contribution in [0.3, 0.4) is 0 Å². The number of H-pyrrole nitrogens is 1. The maximum Gasteiger partial charge on any atom is 0.151 e. The van der Waals surface area contributed by atoms with Gasteiger partial charge in [0.05, 0.1) is 5.52 Å². The minimum Gasteiger partial charge on any atom is -0.404 e. The number of fused-ring (bicyclic) bond motifs is 1. The molecule has 4 rings (SSSR count). The molecule has 36 heavy (non-hydrogen) atoms. The van der Waals surface area contributed by atoms with Crippen molar-refractivity contribution in [1.82, 2.24) is 30.4 Å². The summed E-state index contributed by atoms with van der Waals surface area (Å²) in [6.45, 7) is 9.91. The van der Waals surface area contributed by atoms with Gasteiger partial charge in [0.25, 0.3) is 0 Å². The minimum atomic E-state index is -0.347. The van der Waals surface area contributed by atoms with Crippen LogP contribution in [0.15, 0.2) is 57.2 Å². The monoisotopic (exact) mass is 604 g/mol. The highest BCUT2D eigenvalue weighted by molar-refractivity contribution is 14.1. The number of imidazole rings is 1. The largest absolute Gasteiger partial charge is 0.404 e. The molecule has 1 aromatic heterocycles. The topological polar surface area (TPSA) is 97.6 Å². The average Bonchev–Trinajstić information content (AvgIpc) is 3.42. The van der Waals surface area contributed by atoms with Crippen molar-refractivity contribution in [1.29, 1.82) is 0 Å². The number of aryl methyl sites for hydroxylation is 1. The number of benzene rings is 1. The van der Waals surface area contributed by atoms with E-state index in [0.29, 0.717) is 28.6 Å². The number of rotatable bonds is 9. The predicted octanol–water partition coefficient (Wildman–Crippen LogP) is 3.46. The molecule has 3 heterocycles. The Bertz CT molecular complexity index is 1240. The third-order valence-electron chi connectivity index (χ3n) is 6.38. The van der Waals surface area contributed by atoms with Gasteiger partial charge in [0.1, 0.15) is 23.3 Å². The minimum absolute atomic E-state index is 0.252. The van der Waals surface area contributed by atoms with E-state index < -0.39 is 0 Å². The summed E-state index contributed by atoms with van der Waals surface area (Å²) in [6, 6.07) is 3.44. The Kier molecular flexibility index (Phi) is 8.47. The summed E-state index contributed by atoms with van der Waals surface area (Å²) in [5.41, 5.74) is 9.51. The van der Waals surface area contributed by atoms with Crippen molar-refractivity contribution in [3.05, 3.63) is 69.4 Å². The number of nitrogens with one attached hydrogen (secondary N) is 3. The molecule has 2 aliphatic heterocycles. The summed E-state index contributed by atoms with van der Waals surface area (Å²) in [5, 5.41) is 6.54. The van der Waals surface area contributed by atoms with Crippen LogP contribution in [0.25, 0.3) is 16.6 Å². The molecule has 10 heteroatoms. The van der Waals surface area contributed by atoms with Gasteiger partial charge in [-0.2, -0.15) is 0 Å². The van der Waals surface area contributed by atoms with E-state index in [9.17, 15) is 4.39 Å². The van der Waals surface area contributed by atoms with Gasteiger partial charge in [-0.15, -0.1) is 0 Å². The van der Waals surface area contributed by atoms with Crippen LogP contribution in [0.2, 0.25) is 0 Å². The number of aliphatic imine (C=N–C) groups is 1. The van der Waals surface area contributed by atoms with Crippen molar-refractivity contribution in [3.8, 4) is 0 Å². The zero-order valence-corrected chi connectivity index (χ0v) is 23.1. The van der Waals surface area contributed by atoms with E-state index in [1.165, 1.54) is 12.5 Å². The summed E-state index contributed by atoms with van der Waals surface area (Å²) < 4.78 is 15.6. The molecule has 1 aromatic carbocycles. The number of aromatic amines is 1. The molecule has 192 valence electrons. The van der Waals surface area contributed by atoms with Gasteiger partial charge in [-0.05, 0) is 104 Å². The molecular formula is C26H34FIN8. The van der Waals surface area contributed by atoms with Crippen LogP contribution in [0.1, 0.15) is 17.8 Å². The zero-order chi connectivity index (χ0) is 25.8. The summed E-state index contributed by atoms with van der Waals surface area (Å²) in [6.07, 6.45) is 8.22. The Morgan fingerprint density at radius 2 is 2.28 bits per heavy atom. The number of allylic oxidation sites excluding steroid dienone is 2. The smallest absolute Gasteiger partial charge is 0.151 e. The summed E-state index contributed by atoms with van der Waals surface area (Å²) >= 11 is 2.24. The Morgan fingerprint density at radius 1 is 1.47 bits per heavy atom. The van der Waals surface area contributed by atoms with Crippen LogP contribution in [-0.2, 0) is 0 Å². The van der Waals surface area contributed by atoms with Crippen molar-refractivity contribution in [2.24, 2.45) is 16.6 Å². The first-order valence-corrected chi connectivity index (χ1v) is 13.1. The van der Waals surface area contributed by atoms with Gasteiger partial charge in [0, 0.05) is 35.6 Å². The molecule has 1 unspecified atom stereocenters. The Labute approximate surface area is 225 Å². The Hall–Kier alpha value is -2.70. The molecule has 1 fully saturated rings. The number of nitrogens with two attached hydrogens (primary N) is 1. The van der Waals surface area contributed by atoms with Gasteiger partial charge < -0.3 is 31.2 Å². The highest BCUT2D eigenvalue weighted by Gasteiger charge is 2.21. The lowest BCUT2D eigenvalue weighted by Crippen LogP contribution is -2.38. The van der Waals surface area contributed by atoms with Crippen molar-refractivity contribution in [2.75, 3.05) is 40.3 Å². The van der Waals surface area contributed by atoms with E-state index >= 15 is 0 Å². The van der Waals surface area contributed by atoms with Gasteiger partial charge in [-0.3, -0.25) is 0 Å². The highest BCUT2D eigenvalue weighted by Crippen LogP contribution is 2.32. The fourth-order valence-electron chi connectivity index (χ4n) is 4.71. The second-order valence-corrected chi connectivity index (χ2v) is 10.8. The summed E-state index contributed by atoms with van der Waals surface area (Å²) in [7, 11) is 4.28. The van der Waals surface area contributed by atoms with Crippen molar-refractivity contribution < 1.29 is 4.39 Å². The van der Waals surface area contributed by atoms with E-state index in [1.54, 1.807) is 12.4 Å². The first-order valence-electron chi connectivity index (χ1n) is 12.0. The quantitative estimate of drug-likeness (QED) is 0.259. The van der Waals surface area contributed by atoms with E-state index in [4.69, 9.17) is 5.73 Å². The first kappa shape index (κ1) is 26.4. The summed E-state index contributed by atoms with van der Waals surface area (Å²) in [4.78, 5) is 16.5. The average molecular weight is 605 g/mol. The van der Waals surface area contributed by atoms with Crippen molar-refractivity contribution >= 4 is 45.4 Å². The van der Waals surface area contributed by atoms with E-state index in [2.05, 4.69) is 78.7 Å². The molecular weight excluding hydrogens is 570 g/mol. The van der Waals surface area contributed by atoms with Crippen LogP contribution in [0, 0.1) is 18.7 Å². The molecule has 0 amide bonds. The second kappa shape index (κ2) is 11.6. The van der Waals surface area contributed by atoms with E-state index in [-0.39, 0.29) is 12.0 Å². The molecule has 8 nitrogen and oxygen atoms in total. The molecule has 5 N–H and O–H groups in total. The molecule has 2 aliphatic rings. The maximum atomic E-state index is 14.7. The molecule has 2 aromatic rings. The Balaban J connectivity index is 1.38. The number of aromatic nitrogens is 2. The maximum absolute atomic E-state index is 14.7. The van der Waals surface area contributed by atoms with Crippen LogP contribution in [0.4, 0.5) is 4.39 Å². The van der Waals surface area contributed by atoms with Crippen molar-refractivity contribution in [2.45, 2.75) is 19.5 Å². The van der Waals surface area contributed by atoms with Gasteiger partial charge in [-0.1, -0.05) is 6.58 Å². The molecule has 1 saturated heterocycles. The van der Waals surface area contributed by atoms with Crippen LogP contribution < -0.4 is 16.4 Å². The summed E-state index contributed by atoms with van der Waals surface area (Å²) in [5.74, 6) is 1.52. The van der Waals surface area contributed by atoms with Gasteiger partial charge in [0.2, 0.25) is 0 Å². The normalized spacial score (nSPS) is 21.2. The number of hydrogen-bond acceptors (Lipinski definition) is 7. The number of hydrogen-bond donors (Lipinski definition) is 4. The number of dihydropyridines is 1. The second-order valence-electron chi connectivity index (χ2n) is 9.60. The van der Waals surface area contributed by atoms with Gasteiger partial charge in [-0.25, -0.2) is 14.4 Å². The van der Waals surface area contributed by atoms with E-state index in [0.717, 1.165) is 46.5 Å². The molecule has 0 aliphatic carbocycles. The SMILES string of the molecule is C=C(/N=C\C(=C/N)CN(C)C[C@@H]1CCN(C)C1)NC1C=C(c2cc(F)c3nc(C)[nH]c3c2)C(I)=CN1.